The van der Waals surface area contributed by atoms with Gasteiger partial charge < -0.3 is 14.8 Å². The molecule has 0 unspecified atom stereocenters. The fourth-order valence-corrected chi connectivity index (χ4v) is 1.85. The van der Waals surface area contributed by atoms with E-state index in [4.69, 9.17) is 9.47 Å². The van der Waals surface area contributed by atoms with E-state index in [2.05, 4.69) is 15.3 Å². The lowest BCUT2D eigenvalue weighted by Gasteiger charge is -2.12. The molecule has 0 radical (unpaired) electrons. The molecule has 5 nitrogen and oxygen atoms in total. The van der Waals surface area contributed by atoms with E-state index in [1.54, 1.807) is 26.6 Å². The molecule has 19 heavy (non-hydrogen) atoms. The minimum Gasteiger partial charge on any atom is -0.493 e. The summed E-state index contributed by atoms with van der Waals surface area (Å²) in [6.07, 6.45) is 3.40. The minimum atomic E-state index is 0.660. The molecular formula is C14H17N3O2. The Hall–Kier alpha value is -2.30. The van der Waals surface area contributed by atoms with E-state index in [0.717, 1.165) is 23.6 Å². The van der Waals surface area contributed by atoms with Crippen molar-refractivity contribution in [1.29, 1.82) is 0 Å². The van der Waals surface area contributed by atoms with Crippen LogP contribution in [0.15, 0.2) is 30.6 Å². The summed E-state index contributed by atoms with van der Waals surface area (Å²) in [6, 6.07) is 5.68. The molecule has 0 amide bonds. The smallest absolute Gasteiger partial charge is 0.170 e. The molecule has 0 aliphatic heterocycles. The molecule has 1 aromatic carbocycles. The van der Waals surface area contributed by atoms with Crippen LogP contribution in [0.3, 0.4) is 0 Å². The molecule has 2 aromatic rings. The molecular weight excluding hydrogens is 242 g/mol. The number of nitrogens with zero attached hydrogens (tertiary/aromatic N) is 2. The van der Waals surface area contributed by atoms with Gasteiger partial charge in [0.15, 0.2) is 11.5 Å². The van der Waals surface area contributed by atoms with Crippen LogP contribution in [-0.4, -0.2) is 30.7 Å². The molecule has 0 spiro atoms. The van der Waals surface area contributed by atoms with Gasteiger partial charge in [0.2, 0.25) is 0 Å². The molecule has 0 saturated carbocycles. The van der Waals surface area contributed by atoms with Crippen molar-refractivity contribution in [2.45, 2.75) is 6.92 Å². The Kier molecular flexibility index (Phi) is 4.18. The third-order valence-corrected chi connectivity index (χ3v) is 2.67. The van der Waals surface area contributed by atoms with Crippen molar-refractivity contribution in [2.24, 2.45) is 0 Å². The number of methoxy groups -OCH3 is 2. The summed E-state index contributed by atoms with van der Waals surface area (Å²) in [7, 11) is 3.23. The molecule has 2 rings (SSSR count). The summed E-state index contributed by atoms with van der Waals surface area (Å²) in [4.78, 5) is 8.70. The summed E-state index contributed by atoms with van der Waals surface area (Å²) in [5, 5.41) is 3.14. The number of hydrogen-bond donors (Lipinski definition) is 1. The number of hydrogen-bond acceptors (Lipinski definition) is 5. The number of nitrogens with one attached hydrogen (secondary N) is 1. The van der Waals surface area contributed by atoms with Crippen LogP contribution in [0.25, 0.3) is 11.3 Å². The second-order valence-corrected chi connectivity index (χ2v) is 3.86. The molecule has 0 atom stereocenters. The van der Waals surface area contributed by atoms with E-state index in [9.17, 15) is 0 Å². The van der Waals surface area contributed by atoms with Crippen LogP contribution in [-0.2, 0) is 0 Å². The third-order valence-electron chi connectivity index (χ3n) is 2.67. The maximum atomic E-state index is 5.41. The van der Waals surface area contributed by atoms with Crippen LogP contribution in [0.1, 0.15) is 6.92 Å². The Bertz CT molecular complexity index is 558. The molecule has 100 valence electrons. The van der Waals surface area contributed by atoms with Crippen molar-refractivity contribution in [3.63, 3.8) is 0 Å². The van der Waals surface area contributed by atoms with E-state index in [0.29, 0.717) is 11.5 Å². The molecule has 0 saturated heterocycles. The average molecular weight is 259 g/mol. The normalized spacial score (nSPS) is 10.1. The number of ether oxygens (including phenoxy) is 2. The Morgan fingerprint density at radius 2 is 2.00 bits per heavy atom. The van der Waals surface area contributed by atoms with Crippen molar-refractivity contribution in [3.8, 4) is 22.8 Å². The predicted octanol–water partition coefficient (Wildman–Crippen LogP) is 2.59. The first-order chi connectivity index (χ1) is 9.30. The summed E-state index contributed by atoms with van der Waals surface area (Å²) >= 11 is 0. The minimum absolute atomic E-state index is 0.660. The zero-order valence-corrected chi connectivity index (χ0v) is 11.3. The molecule has 0 fully saturated rings. The first kappa shape index (κ1) is 13.1. The fraction of sp³-hybridized carbons (Fsp3) is 0.286. The zero-order valence-electron chi connectivity index (χ0n) is 11.3. The van der Waals surface area contributed by atoms with Crippen LogP contribution < -0.4 is 14.8 Å². The van der Waals surface area contributed by atoms with Crippen molar-refractivity contribution < 1.29 is 9.47 Å². The Balaban J connectivity index is 2.49. The lowest BCUT2D eigenvalue weighted by Crippen LogP contribution is -2.01. The van der Waals surface area contributed by atoms with Gasteiger partial charge in [0.25, 0.3) is 0 Å². The standard InChI is InChI=1S/C14H17N3O2/c1-4-16-13-9-15-8-11(17-13)10-6-5-7-12(18-2)14(10)19-3/h5-9H,4H2,1-3H3,(H,16,17). The number of benzene rings is 1. The second kappa shape index (κ2) is 6.04. The highest BCUT2D eigenvalue weighted by atomic mass is 16.5. The quantitative estimate of drug-likeness (QED) is 0.894. The molecule has 0 aliphatic rings. The average Bonchev–Trinajstić information content (AvgIpc) is 2.47. The molecule has 5 heteroatoms. The van der Waals surface area contributed by atoms with Crippen LogP contribution in [0, 0.1) is 0 Å². The van der Waals surface area contributed by atoms with Gasteiger partial charge in [-0.05, 0) is 19.1 Å². The number of anilines is 1. The lowest BCUT2D eigenvalue weighted by atomic mass is 10.1. The maximum Gasteiger partial charge on any atom is 0.170 e. The van der Waals surface area contributed by atoms with Crippen LogP contribution >= 0.6 is 0 Å². The molecule has 1 N–H and O–H groups in total. The number of rotatable bonds is 5. The number of aromatic nitrogens is 2. The Labute approximate surface area is 112 Å². The van der Waals surface area contributed by atoms with Crippen molar-refractivity contribution in [3.05, 3.63) is 30.6 Å². The SMILES string of the molecule is CCNc1cncc(-c2cccc(OC)c2OC)n1. The van der Waals surface area contributed by atoms with Crippen molar-refractivity contribution in [1.82, 2.24) is 9.97 Å². The van der Waals surface area contributed by atoms with Gasteiger partial charge in [-0.3, -0.25) is 4.98 Å². The van der Waals surface area contributed by atoms with Gasteiger partial charge >= 0.3 is 0 Å². The summed E-state index contributed by atoms with van der Waals surface area (Å²) < 4.78 is 10.7. The van der Waals surface area contributed by atoms with E-state index in [1.807, 2.05) is 25.1 Å². The third kappa shape index (κ3) is 2.76. The van der Waals surface area contributed by atoms with E-state index >= 15 is 0 Å². The molecule has 0 bridgehead atoms. The molecule has 1 aromatic heterocycles. The van der Waals surface area contributed by atoms with Crippen molar-refractivity contribution >= 4 is 5.82 Å². The molecule has 0 aliphatic carbocycles. The maximum absolute atomic E-state index is 5.41. The highest BCUT2D eigenvalue weighted by Crippen LogP contribution is 2.36. The van der Waals surface area contributed by atoms with Crippen molar-refractivity contribution in [2.75, 3.05) is 26.1 Å². The largest absolute Gasteiger partial charge is 0.493 e. The van der Waals surface area contributed by atoms with Gasteiger partial charge in [0, 0.05) is 12.1 Å². The Morgan fingerprint density at radius 1 is 1.16 bits per heavy atom. The van der Waals surface area contributed by atoms with Gasteiger partial charge in [0.05, 0.1) is 32.3 Å². The summed E-state index contributed by atoms with van der Waals surface area (Å²) in [6.45, 7) is 2.81. The highest BCUT2D eigenvalue weighted by Gasteiger charge is 2.12. The van der Waals surface area contributed by atoms with Gasteiger partial charge in [-0.25, -0.2) is 4.98 Å². The van der Waals surface area contributed by atoms with Crippen LogP contribution in [0.4, 0.5) is 5.82 Å². The van der Waals surface area contributed by atoms with Gasteiger partial charge in [-0.2, -0.15) is 0 Å². The zero-order chi connectivity index (χ0) is 13.7. The molecule has 1 heterocycles. The monoisotopic (exact) mass is 259 g/mol. The predicted molar refractivity (Wildman–Crippen MR) is 74.7 cm³/mol. The highest BCUT2D eigenvalue weighted by molar-refractivity contribution is 5.71. The Morgan fingerprint density at radius 3 is 2.68 bits per heavy atom. The van der Waals surface area contributed by atoms with E-state index in [-0.39, 0.29) is 0 Å². The van der Waals surface area contributed by atoms with E-state index < -0.39 is 0 Å². The fourth-order valence-electron chi connectivity index (χ4n) is 1.85. The van der Waals surface area contributed by atoms with Gasteiger partial charge in [-0.15, -0.1) is 0 Å². The number of para-hydroxylation sites is 1. The first-order valence-electron chi connectivity index (χ1n) is 6.07. The van der Waals surface area contributed by atoms with Gasteiger partial charge in [0.1, 0.15) is 5.82 Å². The topological polar surface area (TPSA) is 56.3 Å². The second-order valence-electron chi connectivity index (χ2n) is 3.86. The summed E-state index contributed by atoms with van der Waals surface area (Å²) in [5.74, 6) is 2.08. The first-order valence-corrected chi connectivity index (χ1v) is 6.07. The summed E-state index contributed by atoms with van der Waals surface area (Å²) in [5.41, 5.74) is 1.60. The lowest BCUT2D eigenvalue weighted by molar-refractivity contribution is 0.356. The van der Waals surface area contributed by atoms with Crippen LogP contribution in [0.2, 0.25) is 0 Å². The van der Waals surface area contributed by atoms with E-state index in [1.165, 1.54) is 0 Å². The van der Waals surface area contributed by atoms with Gasteiger partial charge in [-0.1, -0.05) is 6.07 Å². The van der Waals surface area contributed by atoms with Crippen LogP contribution in [0.5, 0.6) is 11.5 Å².